The van der Waals surface area contributed by atoms with E-state index >= 15 is 0 Å². The highest BCUT2D eigenvalue weighted by molar-refractivity contribution is 6.01. The van der Waals surface area contributed by atoms with Crippen LogP contribution in [0.25, 0.3) is 10.9 Å². The van der Waals surface area contributed by atoms with Gasteiger partial charge >= 0.3 is 0 Å². The minimum Gasteiger partial charge on any atom is -0.361 e. The van der Waals surface area contributed by atoms with Crippen molar-refractivity contribution in [3.63, 3.8) is 0 Å². The largest absolute Gasteiger partial charge is 0.361 e. The highest BCUT2D eigenvalue weighted by atomic mass is 16.2. The van der Waals surface area contributed by atoms with Gasteiger partial charge in [-0.2, -0.15) is 5.10 Å². The van der Waals surface area contributed by atoms with E-state index in [-0.39, 0.29) is 18.2 Å². The van der Waals surface area contributed by atoms with Gasteiger partial charge in [0.1, 0.15) is 0 Å². The highest BCUT2D eigenvalue weighted by Gasteiger charge is 2.08. The third-order valence-corrected chi connectivity index (χ3v) is 4.61. The summed E-state index contributed by atoms with van der Waals surface area (Å²) in [4.78, 5) is 27.8. The van der Waals surface area contributed by atoms with Crippen LogP contribution in [-0.2, 0) is 11.2 Å². The number of carbonyl (C=O) groups excluding carboxylic acids is 2. The maximum absolute atomic E-state index is 12.4. The predicted molar refractivity (Wildman–Crippen MR) is 119 cm³/mol. The lowest BCUT2D eigenvalue weighted by atomic mass is 10.1. The Morgan fingerprint density at radius 1 is 0.933 bits per heavy atom. The zero-order chi connectivity index (χ0) is 20.8. The molecule has 0 atom stereocenters. The van der Waals surface area contributed by atoms with E-state index in [1.165, 1.54) is 0 Å². The van der Waals surface area contributed by atoms with E-state index in [0.717, 1.165) is 22.0 Å². The number of hydrogen-bond donors (Lipinski definition) is 3. The quantitative estimate of drug-likeness (QED) is 0.338. The lowest BCUT2D eigenvalue weighted by Gasteiger charge is -2.07. The van der Waals surface area contributed by atoms with Gasteiger partial charge in [-0.05, 0) is 29.8 Å². The van der Waals surface area contributed by atoms with Gasteiger partial charge in [-0.25, -0.2) is 5.43 Å². The molecule has 0 aliphatic carbocycles. The SMILES string of the molecule is O=C(Cc1ccccc1)Nc1cccc(C(=O)NN=Cc2c[nH]c3ccccc23)c1. The van der Waals surface area contributed by atoms with Crippen LogP contribution in [0.1, 0.15) is 21.5 Å². The normalized spacial score (nSPS) is 10.9. The summed E-state index contributed by atoms with van der Waals surface area (Å²) >= 11 is 0. The molecule has 0 aliphatic heterocycles. The molecule has 0 radical (unpaired) electrons. The van der Waals surface area contributed by atoms with Gasteiger partial charge in [-0.3, -0.25) is 9.59 Å². The number of fused-ring (bicyclic) bond motifs is 1. The first-order valence-electron chi connectivity index (χ1n) is 9.52. The minimum atomic E-state index is -0.356. The Bertz CT molecular complexity index is 1210. The number of anilines is 1. The fourth-order valence-electron chi connectivity index (χ4n) is 3.15. The standard InChI is InChI=1S/C24H20N4O2/c29-23(13-17-7-2-1-3-8-17)27-20-10-6-9-18(14-20)24(30)28-26-16-19-15-25-22-12-5-4-11-21(19)22/h1-12,14-16,25H,13H2,(H,27,29)(H,28,30). The molecule has 6 heteroatoms. The van der Waals surface area contributed by atoms with Crippen LogP contribution in [0.2, 0.25) is 0 Å². The average Bonchev–Trinajstić information content (AvgIpc) is 3.18. The molecule has 1 heterocycles. The number of hydrogen-bond acceptors (Lipinski definition) is 3. The van der Waals surface area contributed by atoms with Crippen LogP contribution >= 0.6 is 0 Å². The van der Waals surface area contributed by atoms with E-state index < -0.39 is 0 Å². The maximum Gasteiger partial charge on any atom is 0.271 e. The number of benzene rings is 3. The van der Waals surface area contributed by atoms with Crippen molar-refractivity contribution in [2.75, 3.05) is 5.32 Å². The van der Waals surface area contributed by atoms with E-state index in [1.807, 2.05) is 60.8 Å². The number of amides is 2. The first kappa shape index (κ1) is 19.1. The number of carbonyl (C=O) groups is 2. The van der Waals surface area contributed by atoms with Crippen LogP contribution in [0, 0.1) is 0 Å². The summed E-state index contributed by atoms with van der Waals surface area (Å²) in [5, 5.41) is 7.90. The highest BCUT2D eigenvalue weighted by Crippen LogP contribution is 2.16. The van der Waals surface area contributed by atoms with Crippen molar-refractivity contribution in [2.24, 2.45) is 5.10 Å². The van der Waals surface area contributed by atoms with Crippen molar-refractivity contribution in [3.8, 4) is 0 Å². The molecule has 3 aromatic carbocycles. The van der Waals surface area contributed by atoms with E-state index in [9.17, 15) is 9.59 Å². The van der Waals surface area contributed by atoms with Gasteiger partial charge in [0.25, 0.3) is 5.91 Å². The average molecular weight is 396 g/mol. The molecule has 4 rings (SSSR count). The van der Waals surface area contributed by atoms with Crippen LogP contribution in [-0.4, -0.2) is 23.0 Å². The molecule has 148 valence electrons. The summed E-state index contributed by atoms with van der Waals surface area (Å²) in [6.45, 7) is 0. The van der Waals surface area contributed by atoms with Crippen molar-refractivity contribution < 1.29 is 9.59 Å². The number of aromatic amines is 1. The monoisotopic (exact) mass is 396 g/mol. The molecule has 0 fully saturated rings. The smallest absolute Gasteiger partial charge is 0.271 e. The number of aromatic nitrogens is 1. The second-order valence-corrected chi connectivity index (χ2v) is 6.78. The molecule has 0 saturated carbocycles. The fourth-order valence-corrected chi connectivity index (χ4v) is 3.15. The van der Waals surface area contributed by atoms with Gasteiger partial charge in [0, 0.05) is 33.9 Å². The number of nitrogens with one attached hydrogen (secondary N) is 3. The van der Waals surface area contributed by atoms with Crippen LogP contribution in [0.3, 0.4) is 0 Å². The number of hydrazone groups is 1. The molecule has 3 N–H and O–H groups in total. The summed E-state index contributed by atoms with van der Waals surface area (Å²) < 4.78 is 0. The summed E-state index contributed by atoms with van der Waals surface area (Å²) in [6, 6.07) is 24.1. The molecule has 0 bridgehead atoms. The second-order valence-electron chi connectivity index (χ2n) is 6.78. The third kappa shape index (κ3) is 4.62. The predicted octanol–water partition coefficient (Wildman–Crippen LogP) is 4.11. The third-order valence-electron chi connectivity index (χ3n) is 4.61. The van der Waals surface area contributed by atoms with Crippen molar-refractivity contribution in [3.05, 3.63) is 102 Å². The van der Waals surface area contributed by atoms with Gasteiger partial charge in [0.15, 0.2) is 0 Å². The van der Waals surface area contributed by atoms with Crippen molar-refractivity contribution >= 4 is 34.6 Å². The van der Waals surface area contributed by atoms with Crippen molar-refractivity contribution in [2.45, 2.75) is 6.42 Å². The zero-order valence-electron chi connectivity index (χ0n) is 16.1. The van der Waals surface area contributed by atoms with Crippen molar-refractivity contribution in [1.82, 2.24) is 10.4 Å². The number of nitrogens with zero attached hydrogens (tertiary/aromatic N) is 1. The first-order valence-corrected chi connectivity index (χ1v) is 9.52. The van der Waals surface area contributed by atoms with Gasteiger partial charge in [0.2, 0.25) is 5.91 Å². The molecule has 0 unspecified atom stereocenters. The molecule has 0 saturated heterocycles. The first-order chi connectivity index (χ1) is 14.7. The Morgan fingerprint density at radius 3 is 2.60 bits per heavy atom. The molecular weight excluding hydrogens is 376 g/mol. The molecule has 0 spiro atoms. The van der Waals surface area contributed by atoms with E-state index in [4.69, 9.17) is 0 Å². The second kappa shape index (κ2) is 8.87. The summed E-state index contributed by atoms with van der Waals surface area (Å²) in [7, 11) is 0. The Morgan fingerprint density at radius 2 is 1.73 bits per heavy atom. The summed E-state index contributed by atoms with van der Waals surface area (Å²) in [6.07, 6.45) is 3.71. The maximum atomic E-state index is 12.4. The zero-order valence-corrected chi connectivity index (χ0v) is 16.1. The van der Waals surface area contributed by atoms with Crippen LogP contribution in [0.15, 0.2) is 90.2 Å². The Kier molecular flexibility index (Phi) is 5.66. The van der Waals surface area contributed by atoms with Gasteiger partial charge in [-0.15, -0.1) is 0 Å². The Balaban J connectivity index is 1.38. The van der Waals surface area contributed by atoms with Crippen LogP contribution < -0.4 is 10.7 Å². The van der Waals surface area contributed by atoms with E-state index in [1.54, 1.807) is 30.5 Å². The fraction of sp³-hybridized carbons (Fsp3) is 0.0417. The minimum absolute atomic E-state index is 0.142. The molecular formula is C24H20N4O2. The Labute approximate surface area is 173 Å². The lowest BCUT2D eigenvalue weighted by Crippen LogP contribution is -2.18. The van der Waals surface area contributed by atoms with Crippen LogP contribution in [0.4, 0.5) is 5.69 Å². The molecule has 6 nitrogen and oxygen atoms in total. The summed E-state index contributed by atoms with van der Waals surface area (Å²) in [5.41, 5.74) is 6.30. The van der Waals surface area contributed by atoms with E-state index in [2.05, 4.69) is 20.8 Å². The topological polar surface area (TPSA) is 86.3 Å². The molecule has 0 aliphatic rings. The molecule has 30 heavy (non-hydrogen) atoms. The van der Waals surface area contributed by atoms with Gasteiger partial charge in [-0.1, -0.05) is 54.6 Å². The Hall–Kier alpha value is -4.19. The molecule has 2 amide bonds. The molecule has 4 aromatic rings. The van der Waals surface area contributed by atoms with Gasteiger partial charge < -0.3 is 10.3 Å². The van der Waals surface area contributed by atoms with Crippen molar-refractivity contribution in [1.29, 1.82) is 0 Å². The lowest BCUT2D eigenvalue weighted by molar-refractivity contribution is -0.115. The number of H-pyrrole nitrogens is 1. The number of rotatable bonds is 6. The summed E-state index contributed by atoms with van der Waals surface area (Å²) in [5.74, 6) is -0.499. The number of para-hydroxylation sites is 1. The van der Waals surface area contributed by atoms with Crippen LogP contribution in [0.5, 0.6) is 0 Å². The van der Waals surface area contributed by atoms with E-state index in [0.29, 0.717) is 11.3 Å². The molecule has 1 aromatic heterocycles. The van der Waals surface area contributed by atoms with Gasteiger partial charge in [0.05, 0.1) is 12.6 Å².